The highest BCUT2D eigenvalue weighted by Crippen LogP contribution is 2.32. The van der Waals surface area contributed by atoms with E-state index in [0.29, 0.717) is 13.1 Å². The predicted octanol–water partition coefficient (Wildman–Crippen LogP) is 3.81. The third-order valence-corrected chi connectivity index (χ3v) is 6.13. The minimum atomic E-state index is -0.452. The summed E-state index contributed by atoms with van der Waals surface area (Å²) in [6.07, 6.45) is 1.37. The van der Waals surface area contributed by atoms with Crippen molar-refractivity contribution in [1.82, 2.24) is 19.8 Å². The van der Waals surface area contributed by atoms with Crippen LogP contribution in [0.25, 0.3) is 10.2 Å². The number of ether oxygens (including phenoxy) is 1. The third kappa shape index (κ3) is 5.30. The number of piperazine rings is 1. The number of fused-ring (bicyclic) bond motifs is 1. The van der Waals surface area contributed by atoms with E-state index in [-0.39, 0.29) is 12.1 Å². The van der Waals surface area contributed by atoms with Crippen molar-refractivity contribution in [2.75, 3.05) is 38.0 Å². The van der Waals surface area contributed by atoms with Crippen LogP contribution in [0.15, 0.2) is 16.2 Å². The lowest BCUT2D eigenvalue weighted by molar-refractivity contribution is 0.0144. The smallest absolute Gasteiger partial charge is 0.410 e. The zero-order valence-corrected chi connectivity index (χ0v) is 18.6. The van der Waals surface area contributed by atoms with Crippen LogP contribution in [0.5, 0.6) is 0 Å². The van der Waals surface area contributed by atoms with Gasteiger partial charge in [-0.1, -0.05) is 0 Å². The number of hydrogen-bond donors (Lipinski definition) is 1. The van der Waals surface area contributed by atoms with Crippen LogP contribution in [-0.2, 0) is 4.74 Å². The van der Waals surface area contributed by atoms with Gasteiger partial charge in [0, 0.05) is 44.1 Å². The van der Waals surface area contributed by atoms with Crippen molar-refractivity contribution in [2.24, 2.45) is 0 Å². The Morgan fingerprint density at radius 1 is 1.33 bits per heavy atom. The highest BCUT2D eigenvalue weighted by molar-refractivity contribution is 9.10. The molecule has 9 heteroatoms. The van der Waals surface area contributed by atoms with Crippen LogP contribution in [0.1, 0.15) is 27.7 Å². The number of rotatable bonds is 4. The molecule has 1 saturated heterocycles. The Morgan fingerprint density at radius 2 is 2.04 bits per heavy atom. The maximum Gasteiger partial charge on any atom is 0.410 e. The molecule has 3 heterocycles. The van der Waals surface area contributed by atoms with Crippen molar-refractivity contribution in [3.63, 3.8) is 0 Å². The Balaban J connectivity index is 1.51. The molecule has 27 heavy (non-hydrogen) atoms. The maximum absolute atomic E-state index is 12.2. The van der Waals surface area contributed by atoms with Crippen molar-refractivity contribution in [1.29, 1.82) is 0 Å². The van der Waals surface area contributed by atoms with Gasteiger partial charge in [0.05, 0.1) is 9.17 Å². The molecule has 1 aliphatic heterocycles. The fourth-order valence-corrected chi connectivity index (χ4v) is 4.57. The first kappa shape index (κ1) is 20.3. The fourth-order valence-electron chi connectivity index (χ4n) is 3.03. The topological polar surface area (TPSA) is 70.6 Å². The van der Waals surface area contributed by atoms with E-state index in [9.17, 15) is 4.79 Å². The Bertz CT molecular complexity index is 799. The molecule has 0 unspecified atom stereocenters. The number of aromatic nitrogens is 2. The molecule has 1 amide bonds. The molecule has 0 aromatic carbocycles. The molecule has 0 spiro atoms. The number of carbonyl (C=O) groups is 1. The van der Waals surface area contributed by atoms with Crippen molar-refractivity contribution in [3.05, 3.63) is 16.2 Å². The van der Waals surface area contributed by atoms with Gasteiger partial charge >= 0.3 is 6.09 Å². The average molecular weight is 456 g/mol. The van der Waals surface area contributed by atoms with E-state index in [4.69, 9.17) is 4.74 Å². The molecule has 1 atom stereocenters. The van der Waals surface area contributed by atoms with Crippen LogP contribution in [-0.4, -0.2) is 70.2 Å². The van der Waals surface area contributed by atoms with Gasteiger partial charge in [-0.25, -0.2) is 14.8 Å². The second kappa shape index (κ2) is 8.28. The number of anilines is 1. The first-order chi connectivity index (χ1) is 12.7. The molecule has 1 fully saturated rings. The first-order valence-electron chi connectivity index (χ1n) is 9.07. The van der Waals surface area contributed by atoms with Crippen molar-refractivity contribution < 1.29 is 9.53 Å². The van der Waals surface area contributed by atoms with E-state index in [1.165, 1.54) is 0 Å². The summed E-state index contributed by atoms with van der Waals surface area (Å²) in [6.45, 7) is 11.8. The lowest BCUT2D eigenvalue weighted by atomic mass is 10.2. The van der Waals surface area contributed by atoms with Crippen LogP contribution in [0.3, 0.4) is 0 Å². The lowest BCUT2D eigenvalue weighted by Gasteiger charge is -2.36. The fraction of sp³-hybridized carbons (Fsp3) is 0.611. The average Bonchev–Trinajstić information content (AvgIpc) is 2.96. The number of nitrogens with zero attached hydrogens (tertiary/aromatic N) is 4. The molecule has 1 N–H and O–H groups in total. The quantitative estimate of drug-likeness (QED) is 0.755. The number of hydrogen-bond acceptors (Lipinski definition) is 7. The number of amides is 1. The van der Waals surface area contributed by atoms with E-state index in [1.807, 2.05) is 26.2 Å². The van der Waals surface area contributed by atoms with Crippen molar-refractivity contribution >= 4 is 49.4 Å². The first-order valence-corrected chi connectivity index (χ1v) is 10.7. The summed E-state index contributed by atoms with van der Waals surface area (Å²) in [4.78, 5) is 25.0. The van der Waals surface area contributed by atoms with E-state index in [2.05, 4.69) is 43.0 Å². The monoisotopic (exact) mass is 455 g/mol. The Labute approximate surface area is 172 Å². The minimum absolute atomic E-state index is 0.222. The molecule has 1 aliphatic rings. The molecular formula is C18H26BrN5O2S. The highest BCUT2D eigenvalue weighted by Gasteiger charge is 2.26. The maximum atomic E-state index is 12.2. The van der Waals surface area contributed by atoms with Gasteiger partial charge < -0.3 is 15.0 Å². The largest absolute Gasteiger partial charge is 0.444 e. The number of halogens is 1. The van der Waals surface area contributed by atoms with Crippen LogP contribution in [0, 0.1) is 0 Å². The van der Waals surface area contributed by atoms with Crippen molar-refractivity contribution in [3.8, 4) is 0 Å². The van der Waals surface area contributed by atoms with Gasteiger partial charge in [-0.15, -0.1) is 11.3 Å². The van der Waals surface area contributed by atoms with Gasteiger partial charge in [0.15, 0.2) is 0 Å². The Morgan fingerprint density at radius 3 is 2.70 bits per heavy atom. The van der Waals surface area contributed by atoms with Crippen LogP contribution in [0.2, 0.25) is 0 Å². The molecule has 0 saturated carbocycles. The SMILES string of the molecule is C[C@@H](CN1CCN(C(=O)OC(C)(C)C)CC1)Nc1ncnc2c(Br)csc12. The summed E-state index contributed by atoms with van der Waals surface area (Å²) < 4.78 is 7.51. The van der Waals surface area contributed by atoms with Crippen molar-refractivity contribution in [2.45, 2.75) is 39.3 Å². The summed E-state index contributed by atoms with van der Waals surface area (Å²) >= 11 is 5.15. The standard InChI is InChI=1S/C18H26BrN5O2S/c1-12(22-16-15-14(20-11-21-16)13(19)10-27-15)9-23-5-7-24(8-6-23)17(25)26-18(2,3)4/h10-12H,5-9H2,1-4H3,(H,20,21,22)/t12-/m0/s1. The van der Waals surface area contributed by atoms with Gasteiger partial charge in [-0.2, -0.15) is 0 Å². The summed E-state index contributed by atoms with van der Waals surface area (Å²) in [5, 5.41) is 5.53. The molecule has 0 aliphatic carbocycles. The molecule has 7 nitrogen and oxygen atoms in total. The normalized spacial score (nSPS) is 17.1. The number of carbonyl (C=O) groups excluding carboxylic acids is 1. The van der Waals surface area contributed by atoms with Gasteiger partial charge in [-0.3, -0.25) is 4.90 Å². The summed E-state index contributed by atoms with van der Waals surface area (Å²) in [6, 6.07) is 0.233. The van der Waals surface area contributed by atoms with E-state index in [0.717, 1.165) is 40.1 Å². The van der Waals surface area contributed by atoms with Crippen LogP contribution < -0.4 is 5.32 Å². The molecule has 2 aromatic heterocycles. The van der Waals surface area contributed by atoms with Gasteiger partial charge in [0.2, 0.25) is 0 Å². The van der Waals surface area contributed by atoms with Gasteiger partial charge in [0.1, 0.15) is 23.3 Å². The number of thiophene rings is 1. The summed E-state index contributed by atoms with van der Waals surface area (Å²) in [7, 11) is 0. The molecule has 3 rings (SSSR count). The predicted molar refractivity (Wildman–Crippen MR) is 112 cm³/mol. The van der Waals surface area contributed by atoms with Crippen LogP contribution >= 0.6 is 27.3 Å². The van der Waals surface area contributed by atoms with E-state index < -0.39 is 5.60 Å². The zero-order valence-electron chi connectivity index (χ0n) is 16.2. The lowest BCUT2D eigenvalue weighted by Crippen LogP contribution is -2.51. The minimum Gasteiger partial charge on any atom is -0.444 e. The second-order valence-corrected chi connectivity index (χ2v) is 9.53. The number of nitrogens with one attached hydrogen (secondary N) is 1. The highest BCUT2D eigenvalue weighted by atomic mass is 79.9. The molecule has 0 bridgehead atoms. The second-order valence-electron chi connectivity index (χ2n) is 7.80. The van der Waals surface area contributed by atoms with Gasteiger partial charge in [-0.05, 0) is 43.6 Å². The zero-order chi connectivity index (χ0) is 19.6. The molecule has 2 aromatic rings. The summed E-state index contributed by atoms with van der Waals surface area (Å²) in [5.41, 5.74) is 0.488. The Kier molecular flexibility index (Phi) is 6.22. The van der Waals surface area contributed by atoms with Gasteiger partial charge in [0.25, 0.3) is 0 Å². The molecular weight excluding hydrogens is 430 g/mol. The molecule has 0 radical (unpaired) electrons. The van der Waals surface area contributed by atoms with E-state index in [1.54, 1.807) is 22.6 Å². The molecule has 148 valence electrons. The van der Waals surface area contributed by atoms with Crippen LogP contribution in [0.4, 0.5) is 10.6 Å². The Hall–Kier alpha value is -1.45. The summed E-state index contributed by atoms with van der Waals surface area (Å²) in [5.74, 6) is 0.871. The van der Waals surface area contributed by atoms with E-state index >= 15 is 0 Å². The third-order valence-electron chi connectivity index (χ3n) is 4.25.